The number of aryl methyl sites for hydroxylation is 3. The van der Waals surface area contributed by atoms with Gasteiger partial charge in [-0.15, -0.1) is 22.9 Å². The van der Waals surface area contributed by atoms with Crippen LogP contribution in [0.1, 0.15) is 22.1 Å². The molecule has 0 fully saturated rings. The van der Waals surface area contributed by atoms with Crippen LogP contribution in [0.4, 0.5) is 0 Å². The Morgan fingerprint density at radius 3 is 2.85 bits per heavy atom. The van der Waals surface area contributed by atoms with Crippen LogP contribution >= 0.6 is 22.9 Å². The van der Waals surface area contributed by atoms with Crippen molar-refractivity contribution in [2.45, 2.75) is 26.8 Å². The molecule has 3 heterocycles. The van der Waals surface area contributed by atoms with Crippen LogP contribution in [-0.4, -0.2) is 25.4 Å². The van der Waals surface area contributed by atoms with Gasteiger partial charge in [0, 0.05) is 23.9 Å². The molecule has 0 radical (unpaired) electrons. The number of aromatic nitrogens is 4. The molecule has 0 N–H and O–H groups in total. The molecule has 3 aromatic rings. The number of pyridine rings is 1. The normalized spacial score (nSPS) is 11.3. The van der Waals surface area contributed by atoms with Gasteiger partial charge in [0.15, 0.2) is 5.65 Å². The average molecular weight is 307 g/mol. The molecule has 20 heavy (non-hydrogen) atoms. The number of imidazole rings is 1. The fourth-order valence-electron chi connectivity index (χ4n) is 2.27. The van der Waals surface area contributed by atoms with Crippen LogP contribution in [-0.2, 0) is 13.0 Å². The van der Waals surface area contributed by atoms with E-state index in [1.54, 1.807) is 11.3 Å². The Balaban J connectivity index is 2.11. The Morgan fingerprint density at radius 2 is 2.15 bits per heavy atom. The van der Waals surface area contributed by atoms with Crippen molar-refractivity contribution in [3.05, 3.63) is 39.7 Å². The summed E-state index contributed by atoms with van der Waals surface area (Å²) in [5.74, 6) is 1.53. The molecule has 0 aromatic carbocycles. The molecule has 0 aliphatic rings. The maximum Gasteiger partial charge on any atom is 0.160 e. The molecule has 0 spiro atoms. The zero-order valence-corrected chi connectivity index (χ0v) is 13.0. The first-order valence-electron chi connectivity index (χ1n) is 6.46. The molecule has 0 saturated heterocycles. The van der Waals surface area contributed by atoms with Crippen molar-refractivity contribution in [3.63, 3.8) is 0 Å². The van der Waals surface area contributed by atoms with E-state index in [1.807, 2.05) is 19.2 Å². The van der Waals surface area contributed by atoms with Crippen molar-refractivity contribution in [1.29, 1.82) is 0 Å². The van der Waals surface area contributed by atoms with Gasteiger partial charge in [0.2, 0.25) is 0 Å². The van der Waals surface area contributed by atoms with E-state index in [9.17, 15) is 0 Å². The molecule has 104 valence electrons. The van der Waals surface area contributed by atoms with Gasteiger partial charge >= 0.3 is 0 Å². The number of rotatable bonds is 4. The fraction of sp³-hybridized carbons (Fsp3) is 0.357. The summed E-state index contributed by atoms with van der Waals surface area (Å²) in [7, 11) is 0. The highest BCUT2D eigenvalue weighted by Gasteiger charge is 2.14. The molecule has 3 aromatic heterocycles. The summed E-state index contributed by atoms with van der Waals surface area (Å²) in [6.45, 7) is 4.77. The van der Waals surface area contributed by atoms with E-state index >= 15 is 0 Å². The highest BCUT2D eigenvalue weighted by molar-refractivity contribution is 7.09. The third kappa shape index (κ3) is 2.43. The van der Waals surface area contributed by atoms with E-state index in [0.29, 0.717) is 12.4 Å². The second kappa shape index (κ2) is 5.50. The van der Waals surface area contributed by atoms with Crippen molar-refractivity contribution >= 4 is 34.1 Å². The van der Waals surface area contributed by atoms with Crippen molar-refractivity contribution in [3.8, 4) is 0 Å². The van der Waals surface area contributed by atoms with Crippen molar-refractivity contribution < 1.29 is 0 Å². The maximum absolute atomic E-state index is 5.90. The Bertz CT molecular complexity index is 747. The standard InChI is InChI=1S/C14H15ClN4S/c1-9-4-6-16-14-13(9)18-12(3-5-15)19(14)7-11-8-20-10(2)17-11/h4,6,8H,3,5,7H2,1-2H3. The smallest absolute Gasteiger partial charge is 0.160 e. The number of hydrogen-bond donors (Lipinski definition) is 0. The summed E-state index contributed by atoms with van der Waals surface area (Å²) < 4.78 is 2.12. The second-order valence-corrected chi connectivity index (χ2v) is 6.15. The van der Waals surface area contributed by atoms with Crippen LogP contribution in [0.5, 0.6) is 0 Å². The van der Waals surface area contributed by atoms with Crippen molar-refractivity contribution in [2.24, 2.45) is 0 Å². The van der Waals surface area contributed by atoms with Gasteiger partial charge in [0.1, 0.15) is 11.3 Å². The van der Waals surface area contributed by atoms with Crippen LogP contribution < -0.4 is 0 Å². The number of halogens is 1. The van der Waals surface area contributed by atoms with Gasteiger partial charge in [-0.1, -0.05) is 0 Å². The number of hydrogen-bond acceptors (Lipinski definition) is 4. The largest absolute Gasteiger partial charge is 0.307 e. The van der Waals surface area contributed by atoms with Crippen LogP contribution in [0.25, 0.3) is 11.2 Å². The van der Waals surface area contributed by atoms with Gasteiger partial charge in [-0.25, -0.2) is 15.0 Å². The minimum atomic E-state index is 0.554. The first-order valence-corrected chi connectivity index (χ1v) is 7.88. The average Bonchev–Trinajstić information content (AvgIpc) is 2.97. The molecule has 0 bridgehead atoms. The number of thiazole rings is 1. The zero-order valence-electron chi connectivity index (χ0n) is 11.4. The van der Waals surface area contributed by atoms with Gasteiger partial charge in [-0.2, -0.15) is 0 Å². The molecule has 0 atom stereocenters. The predicted molar refractivity (Wildman–Crippen MR) is 82.6 cm³/mol. The first kappa shape index (κ1) is 13.5. The van der Waals surface area contributed by atoms with Gasteiger partial charge < -0.3 is 4.57 Å². The van der Waals surface area contributed by atoms with Gasteiger partial charge in [0.05, 0.1) is 17.2 Å². The zero-order chi connectivity index (χ0) is 14.1. The van der Waals surface area contributed by atoms with Crippen LogP contribution in [0.3, 0.4) is 0 Å². The lowest BCUT2D eigenvalue weighted by Gasteiger charge is -2.05. The van der Waals surface area contributed by atoms with E-state index in [-0.39, 0.29) is 0 Å². The maximum atomic E-state index is 5.90. The Hall–Kier alpha value is -1.46. The molecule has 0 amide bonds. The fourth-order valence-corrected chi connectivity index (χ4v) is 3.04. The van der Waals surface area contributed by atoms with Gasteiger partial charge in [-0.05, 0) is 25.5 Å². The summed E-state index contributed by atoms with van der Waals surface area (Å²) in [5.41, 5.74) is 4.06. The second-order valence-electron chi connectivity index (χ2n) is 4.71. The van der Waals surface area contributed by atoms with E-state index < -0.39 is 0 Å². The molecule has 0 saturated carbocycles. The third-order valence-electron chi connectivity index (χ3n) is 3.22. The molecule has 6 heteroatoms. The summed E-state index contributed by atoms with van der Waals surface area (Å²) in [6, 6.07) is 1.98. The quantitative estimate of drug-likeness (QED) is 0.694. The minimum Gasteiger partial charge on any atom is -0.307 e. The summed E-state index contributed by atoms with van der Waals surface area (Å²) in [4.78, 5) is 13.7. The summed E-state index contributed by atoms with van der Waals surface area (Å²) in [5, 5.41) is 3.16. The van der Waals surface area contributed by atoms with E-state index in [1.165, 1.54) is 0 Å². The Morgan fingerprint density at radius 1 is 1.30 bits per heavy atom. The topological polar surface area (TPSA) is 43.6 Å². The van der Waals surface area contributed by atoms with Crippen LogP contribution in [0, 0.1) is 13.8 Å². The number of alkyl halides is 1. The summed E-state index contributed by atoms with van der Waals surface area (Å²) >= 11 is 7.56. The lowest BCUT2D eigenvalue weighted by molar-refractivity contribution is 0.734. The molecular formula is C14H15ClN4S. The van der Waals surface area contributed by atoms with Crippen molar-refractivity contribution in [2.75, 3.05) is 5.88 Å². The molecule has 0 aliphatic carbocycles. The SMILES string of the molecule is Cc1nc(Cn2c(CCCl)nc3c(C)ccnc32)cs1. The first-order chi connectivity index (χ1) is 9.69. The Kier molecular flexibility index (Phi) is 3.72. The van der Waals surface area contributed by atoms with Crippen LogP contribution in [0.15, 0.2) is 17.6 Å². The molecule has 4 nitrogen and oxygen atoms in total. The highest BCUT2D eigenvalue weighted by Crippen LogP contribution is 2.20. The van der Waals surface area contributed by atoms with Gasteiger partial charge in [-0.3, -0.25) is 0 Å². The lowest BCUT2D eigenvalue weighted by atomic mass is 10.3. The monoisotopic (exact) mass is 306 g/mol. The summed E-state index contributed by atoms with van der Waals surface area (Å²) in [6.07, 6.45) is 2.56. The Labute approximate surface area is 126 Å². The predicted octanol–water partition coefficient (Wildman–Crippen LogP) is 3.33. The molecule has 0 aliphatic heterocycles. The molecule has 0 unspecified atom stereocenters. The van der Waals surface area contributed by atoms with Crippen molar-refractivity contribution in [1.82, 2.24) is 19.5 Å². The minimum absolute atomic E-state index is 0.554. The highest BCUT2D eigenvalue weighted by atomic mass is 35.5. The van der Waals surface area contributed by atoms with E-state index in [2.05, 4.69) is 26.8 Å². The number of nitrogens with zero attached hydrogens (tertiary/aromatic N) is 4. The van der Waals surface area contributed by atoms with E-state index in [0.717, 1.165) is 39.7 Å². The van der Waals surface area contributed by atoms with Gasteiger partial charge in [0.25, 0.3) is 0 Å². The molecule has 3 rings (SSSR count). The lowest BCUT2D eigenvalue weighted by Crippen LogP contribution is -2.07. The van der Waals surface area contributed by atoms with Crippen LogP contribution in [0.2, 0.25) is 0 Å². The molecular weight excluding hydrogens is 292 g/mol. The van der Waals surface area contributed by atoms with E-state index in [4.69, 9.17) is 16.6 Å². The number of fused-ring (bicyclic) bond motifs is 1. The third-order valence-corrected chi connectivity index (χ3v) is 4.23.